The Hall–Kier alpha value is -2.38. The smallest absolute Gasteiger partial charge is 0.306 e. The molecule has 132 valence electrons. The average molecular weight is 352 g/mol. The fraction of sp³-hybridized carbons (Fsp3) is 0.300. The summed E-state index contributed by atoms with van der Waals surface area (Å²) < 4.78 is 18.4. The molecule has 2 aromatic rings. The van der Waals surface area contributed by atoms with E-state index in [1.807, 2.05) is 36.4 Å². The summed E-state index contributed by atoms with van der Waals surface area (Å²) in [5, 5.41) is 33.6. The van der Waals surface area contributed by atoms with E-state index in [2.05, 4.69) is 0 Å². The Kier molecular flexibility index (Phi) is 2.44. The van der Waals surface area contributed by atoms with Gasteiger partial charge in [0.25, 0.3) is 0 Å². The van der Waals surface area contributed by atoms with Crippen LogP contribution in [0, 0.1) is 0 Å². The molecule has 6 heteroatoms. The van der Waals surface area contributed by atoms with Crippen LogP contribution in [0.5, 0.6) is 11.5 Å². The van der Waals surface area contributed by atoms with Gasteiger partial charge in [-0.15, -0.1) is 0 Å². The van der Waals surface area contributed by atoms with Crippen LogP contribution in [0.1, 0.15) is 0 Å². The predicted molar refractivity (Wildman–Crippen MR) is 90.8 cm³/mol. The maximum Gasteiger partial charge on any atom is 0.306 e. The molecule has 0 aromatic heterocycles. The first-order chi connectivity index (χ1) is 12.5. The first-order valence-electron chi connectivity index (χ1n) is 8.56. The van der Waals surface area contributed by atoms with Crippen molar-refractivity contribution in [3.05, 3.63) is 60.7 Å². The molecule has 0 saturated carbocycles. The van der Waals surface area contributed by atoms with E-state index >= 15 is 0 Å². The van der Waals surface area contributed by atoms with Crippen molar-refractivity contribution in [2.24, 2.45) is 0 Å². The van der Waals surface area contributed by atoms with Gasteiger partial charge in [-0.05, 0) is 23.6 Å². The third-order valence-corrected chi connectivity index (χ3v) is 6.01. The summed E-state index contributed by atoms with van der Waals surface area (Å²) in [6.07, 6.45) is 2.66. The Bertz CT molecular complexity index is 972. The Morgan fingerprint density at radius 2 is 1.38 bits per heavy atom. The van der Waals surface area contributed by atoms with Crippen LogP contribution in [0.2, 0.25) is 0 Å². The molecule has 5 atom stereocenters. The Balaban J connectivity index is 1.60. The highest BCUT2D eigenvalue weighted by Gasteiger charge is 2.91. The number of aliphatic hydroxyl groups is 3. The monoisotopic (exact) mass is 352 g/mol. The molecular formula is C20H16O6. The van der Waals surface area contributed by atoms with E-state index in [0.29, 0.717) is 11.5 Å². The average Bonchev–Trinajstić information content (AvgIpc) is 3.39. The number of rotatable bonds is 0. The molecule has 2 heterocycles. The number of aliphatic hydroxyl groups excluding tert-OH is 3. The standard InChI is InChI=1S/C20H16O6/c21-14-7-8-16(23)20-18(10-9-15(22)19(14,20)26-20)24-12-5-1-3-11-4-2-6-13(25-18)17(11)12/h1-10,14-16,21-23H/t14-,15-,16-,19+,20-/m0/s1. The lowest BCUT2D eigenvalue weighted by Gasteiger charge is -2.46. The molecule has 0 amide bonds. The zero-order chi connectivity index (χ0) is 17.7. The van der Waals surface area contributed by atoms with E-state index in [0.717, 1.165) is 10.8 Å². The number of ether oxygens (including phenoxy) is 3. The highest BCUT2D eigenvalue weighted by molar-refractivity contribution is 5.94. The van der Waals surface area contributed by atoms with Gasteiger partial charge >= 0.3 is 5.79 Å². The second-order valence-corrected chi connectivity index (χ2v) is 7.19. The Labute approximate surface area is 148 Å². The van der Waals surface area contributed by atoms with Crippen LogP contribution in [0.25, 0.3) is 10.8 Å². The Morgan fingerprint density at radius 1 is 0.769 bits per heavy atom. The van der Waals surface area contributed by atoms with Gasteiger partial charge in [0, 0.05) is 6.08 Å². The van der Waals surface area contributed by atoms with Crippen LogP contribution in [0.4, 0.5) is 0 Å². The first kappa shape index (κ1) is 14.8. The maximum atomic E-state index is 10.8. The van der Waals surface area contributed by atoms with Gasteiger partial charge in [0.05, 0.1) is 5.39 Å². The van der Waals surface area contributed by atoms with Crippen LogP contribution in [-0.2, 0) is 4.74 Å². The minimum atomic E-state index is -1.50. The van der Waals surface area contributed by atoms with Gasteiger partial charge < -0.3 is 29.5 Å². The first-order valence-corrected chi connectivity index (χ1v) is 8.56. The predicted octanol–water partition coefficient (Wildman–Crippen LogP) is 1.04. The lowest BCUT2D eigenvalue weighted by Crippen LogP contribution is -2.69. The third kappa shape index (κ3) is 1.35. The van der Waals surface area contributed by atoms with Crippen molar-refractivity contribution in [2.75, 3.05) is 0 Å². The van der Waals surface area contributed by atoms with E-state index in [1.165, 1.54) is 18.2 Å². The van der Waals surface area contributed by atoms with Crippen molar-refractivity contribution in [3.63, 3.8) is 0 Å². The molecule has 1 fully saturated rings. The molecule has 0 unspecified atom stereocenters. The summed E-state index contributed by atoms with van der Waals surface area (Å²) in [4.78, 5) is 0. The van der Waals surface area contributed by atoms with Crippen molar-refractivity contribution in [2.45, 2.75) is 35.3 Å². The SMILES string of the molecule is O[C@H]1C=C[C@H](O)[C@@]23O[C@@]12[C@@H](O)C=CC31Oc2cccc3cccc(c23)O1. The molecule has 6 nitrogen and oxygen atoms in total. The molecule has 26 heavy (non-hydrogen) atoms. The second kappa shape index (κ2) is 4.29. The highest BCUT2D eigenvalue weighted by atomic mass is 16.8. The van der Waals surface area contributed by atoms with Crippen molar-refractivity contribution in [1.29, 1.82) is 0 Å². The fourth-order valence-electron chi connectivity index (χ4n) is 4.80. The fourth-order valence-corrected chi connectivity index (χ4v) is 4.80. The second-order valence-electron chi connectivity index (χ2n) is 7.19. The molecule has 4 aliphatic rings. The normalized spacial score (nSPS) is 40.5. The summed E-state index contributed by atoms with van der Waals surface area (Å²) in [6, 6.07) is 11.4. The summed E-state index contributed by atoms with van der Waals surface area (Å²) in [6.45, 7) is 0. The maximum absolute atomic E-state index is 10.8. The molecule has 3 N–H and O–H groups in total. The van der Waals surface area contributed by atoms with Crippen LogP contribution in [-0.4, -0.2) is 50.6 Å². The quantitative estimate of drug-likeness (QED) is 0.485. The summed E-state index contributed by atoms with van der Waals surface area (Å²) in [5.41, 5.74) is -2.85. The van der Waals surface area contributed by atoms with E-state index in [9.17, 15) is 15.3 Å². The summed E-state index contributed by atoms with van der Waals surface area (Å²) in [7, 11) is 0. The lowest BCUT2D eigenvalue weighted by molar-refractivity contribution is -0.162. The van der Waals surface area contributed by atoms with Gasteiger partial charge in [-0.3, -0.25) is 0 Å². The molecule has 2 aliphatic carbocycles. The van der Waals surface area contributed by atoms with Crippen molar-refractivity contribution in [3.8, 4) is 11.5 Å². The van der Waals surface area contributed by atoms with Gasteiger partial charge in [0.15, 0.2) is 5.60 Å². The van der Waals surface area contributed by atoms with E-state index < -0.39 is 35.3 Å². The zero-order valence-corrected chi connectivity index (χ0v) is 13.6. The van der Waals surface area contributed by atoms with Crippen LogP contribution >= 0.6 is 0 Å². The molecule has 1 spiro atoms. The number of hydrogen-bond acceptors (Lipinski definition) is 6. The number of hydrogen-bond donors (Lipinski definition) is 3. The van der Waals surface area contributed by atoms with Gasteiger partial charge in [0.2, 0.25) is 5.60 Å². The van der Waals surface area contributed by atoms with E-state index in [4.69, 9.17) is 14.2 Å². The van der Waals surface area contributed by atoms with Crippen molar-refractivity contribution in [1.82, 2.24) is 0 Å². The van der Waals surface area contributed by atoms with Gasteiger partial charge in [-0.2, -0.15) is 0 Å². The number of benzene rings is 2. The summed E-state index contributed by atoms with van der Waals surface area (Å²) >= 11 is 0. The third-order valence-electron chi connectivity index (χ3n) is 6.01. The zero-order valence-electron chi connectivity index (χ0n) is 13.6. The molecule has 6 rings (SSSR count). The largest absolute Gasteiger partial charge is 0.445 e. The van der Waals surface area contributed by atoms with Gasteiger partial charge in [-0.25, -0.2) is 0 Å². The molecule has 0 bridgehead atoms. The number of epoxide rings is 1. The highest BCUT2D eigenvalue weighted by Crippen LogP contribution is 2.67. The minimum Gasteiger partial charge on any atom is -0.445 e. The molecule has 0 radical (unpaired) electrons. The molecule has 2 aliphatic heterocycles. The van der Waals surface area contributed by atoms with E-state index in [1.54, 1.807) is 6.08 Å². The minimum absolute atomic E-state index is 0.598. The topological polar surface area (TPSA) is 91.7 Å². The Morgan fingerprint density at radius 3 is 2.08 bits per heavy atom. The van der Waals surface area contributed by atoms with Crippen LogP contribution in [0.15, 0.2) is 60.7 Å². The van der Waals surface area contributed by atoms with Crippen LogP contribution in [0.3, 0.4) is 0 Å². The van der Waals surface area contributed by atoms with Crippen molar-refractivity contribution < 1.29 is 29.5 Å². The molecule has 2 aromatic carbocycles. The van der Waals surface area contributed by atoms with Gasteiger partial charge in [0.1, 0.15) is 29.8 Å². The van der Waals surface area contributed by atoms with Crippen molar-refractivity contribution >= 4 is 10.8 Å². The van der Waals surface area contributed by atoms with Gasteiger partial charge in [-0.1, -0.05) is 36.4 Å². The van der Waals surface area contributed by atoms with Crippen LogP contribution < -0.4 is 9.47 Å². The molecule has 1 saturated heterocycles. The lowest BCUT2D eigenvalue weighted by atomic mass is 9.68. The molecular weight excluding hydrogens is 336 g/mol. The van der Waals surface area contributed by atoms with E-state index in [-0.39, 0.29) is 0 Å². The summed E-state index contributed by atoms with van der Waals surface area (Å²) in [5.74, 6) is -0.305.